The lowest BCUT2D eigenvalue weighted by atomic mass is 9.51. The average molecular weight is 826 g/mol. The van der Waals surface area contributed by atoms with E-state index in [-0.39, 0.29) is 46.3 Å². The maximum atomic E-state index is 15.2. The summed E-state index contributed by atoms with van der Waals surface area (Å²) in [6.45, 7) is 3.74. The van der Waals surface area contributed by atoms with Gasteiger partial charge in [0, 0.05) is 28.8 Å². The van der Waals surface area contributed by atoms with Crippen LogP contribution in [0.1, 0.15) is 36.8 Å². The molecule has 290 valence electrons. The van der Waals surface area contributed by atoms with E-state index in [9.17, 15) is 29.5 Å². The number of rotatable bonds is 6. The van der Waals surface area contributed by atoms with Gasteiger partial charge in [0.05, 0.1) is 45.9 Å². The fourth-order valence-electron chi connectivity index (χ4n) is 9.82. The number of aromatic hydroxyl groups is 1. The summed E-state index contributed by atoms with van der Waals surface area (Å²) in [7, 11) is 1.26. The molecule has 0 radical (unpaired) electrons. The van der Waals surface area contributed by atoms with Gasteiger partial charge >= 0.3 is 7.12 Å². The van der Waals surface area contributed by atoms with Crippen LogP contribution in [0.25, 0.3) is 20.7 Å². The molecule has 57 heavy (non-hydrogen) atoms. The number of benzene rings is 3. The first-order valence-electron chi connectivity index (χ1n) is 18.4. The number of imide groups is 2. The molecule has 2 aromatic heterocycles. The number of phenols is 1. The number of ether oxygens (including phenoxy) is 1. The smallest absolute Gasteiger partial charge is 0.488 e. The van der Waals surface area contributed by atoms with Crippen LogP contribution in [-0.2, 0) is 26.2 Å². The third kappa shape index (κ3) is 5.37. The van der Waals surface area contributed by atoms with Crippen molar-refractivity contribution in [3.63, 3.8) is 0 Å². The zero-order valence-electron chi connectivity index (χ0n) is 31.1. The molecule has 16 heteroatoms. The summed E-state index contributed by atoms with van der Waals surface area (Å²) in [5.74, 6) is -5.76. The molecule has 1 saturated carbocycles. The van der Waals surface area contributed by atoms with Gasteiger partial charge in [0.25, 0.3) is 0 Å². The SMILES string of the molecule is COc1cc([C@H]2C3=CC[C@@H]4C(=O)N(c5cccc(B(O)O)c5)C(=O)[C@@H]4[C@@H]3C[C@H]3C(=O)N(c4cc(-c5sc6ccc(Cl)cc6c5C)nn4C)C(=O)[C@@]23C)cc(Cl)c1O. The maximum absolute atomic E-state index is 15.2. The number of fused-ring (bicyclic) bond motifs is 5. The summed E-state index contributed by atoms with van der Waals surface area (Å²) in [6.07, 6.45) is 2.21. The van der Waals surface area contributed by atoms with Crippen molar-refractivity contribution in [2.24, 2.45) is 36.1 Å². The van der Waals surface area contributed by atoms with E-state index in [2.05, 4.69) is 0 Å². The number of aromatic nitrogens is 2. The minimum atomic E-state index is -1.81. The Balaban J connectivity index is 1.16. The number of nitrogens with zero attached hydrogens (tertiary/aromatic N) is 4. The zero-order valence-corrected chi connectivity index (χ0v) is 33.4. The Morgan fingerprint density at radius 1 is 0.965 bits per heavy atom. The Morgan fingerprint density at radius 3 is 2.47 bits per heavy atom. The van der Waals surface area contributed by atoms with Crippen molar-refractivity contribution in [1.29, 1.82) is 0 Å². The van der Waals surface area contributed by atoms with E-state index in [1.54, 1.807) is 44.3 Å². The fraction of sp³-hybridized carbons (Fsp3) is 0.293. The van der Waals surface area contributed by atoms with Gasteiger partial charge in [-0.05, 0) is 97.0 Å². The van der Waals surface area contributed by atoms with Crippen LogP contribution in [0.15, 0.2) is 72.3 Å². The van der Waals surface area contributed by atoms with E-state index in [0.29, 0.717) is 16.3 Å². The van der Waals surface area contributed by atoms with Crippen LogP contribution < -0.4 is 20.0 Å². The molecule has 3 aromatic carbocycles. The first-order chi connectivity index (χ1) is 27.1. The van der Waals surface area contributed by atoms with E-state index < -0.39 is 65.8 Å². The number of aryl methyl sites for hydroxylation is 2. The summed E-state index contributed by atoms with van der Waals surface area (Å²) >= 11 is 14.4. The molecule has 6 atom stereocenters. The van der Waals surface area contributed by atoms with Crippen molar-refractivity contribution in [3.05, 3.63) is 93.5 Å². The van der Waals surface area contributed by atoms with Gasteiger partial charge < -0.3 is 19.9 Å². The molecule has 3 fully saturated rings. The third-order valence-corrected chi connectivity index (χ3v) is 14.3. The first kappa shape index (κ1) is 37.6. The summed E-state index contributed by atoms with van der Waals surface area (Å²) in [5, 5.41) is 36.8. The van der Waals surface area contributed by atoms with Crippen LogP contribution in [0.3, 0.4) is 0 Å². The Hall–Kier alpha value is -4.99. The van der Waals surface area contributed by atoms with Crippen LogP contribution in [0.5, 0.6) is 11.5 Å². The fourth-order valence-corrected chi connectivity index (χ4v) is 11.4. The van der Waals surface area contributed by atoms with Crippen LogP contribution in [0.2, 0.25) is 10.0 Å². The Bertz CT molecular complexity index is 2640. The number of hydrogen-bond donors (Lipinski definition) is 3. The molecule has 2 saturated heterocycles. The largest absolute Gasteiger partial charge is 0.503 e. The molecule has 0 bridgehead atoms. The number of halogens is 2. The van der Waals surface area contributed by atoms with Gasteiger partial charge in [-0.3, -0.25) is 28.8 Å². The van der Waals surface area contributed by atoms with E-state index >= 15 is 4.79 Å². The summed E-state index contributed by atoms with van der Waals surface area (Å²) < 4.78 is 8.03. The Labute approximate surface area is 341 Å². The molecule has 2 aliphatic carbocycles. The minimum Gasteiger partial charge on any atom is -0.503 e. The predicted molar refractivity (Wildman–Crippen MR) is 217 cm³/mol. The topological polar surface area (TPSA) is 162 Å². The first-order valence-corrected chi connectivity index (χ1v) is 19.9. The van der Waals surface area contributed by atoms with Gasteiger partial charge in [0.2, 0.25) is 23.6 Å². The van der Waals surface area contributed by atoms with Crippen LogP contribution in [0, 0.1) is 36.0 Å². The highest BCUT2D eigenvalue weighted by atomic mass is 35.5. The highest BCUT2D eigenvalue weighted by molar-refractivity contribution is 7.22. The number of carbonyl (C=O) groups is 4. The predicted octanol–water partition coefficient (Wildman–Crippen LogP) is 5.75. The maximum Gasteiger partial charge on any atom is 0.488 e. The summed E-state index contributed by atoms with van der Waals surface area (Å²) in [5.41, 5.74) is 1.70. The molecular weight excluding hydrogens is 790 g/mol. The average Bonchev–Trinajstić information content (AvgIpc) is 3.85. The van der Waals surface area contributed by atoms with Crippen LogP contribution >= 0.6 is 34.5 Å². The van der Waals surface area contributed by atoms with Crippen molar-refractivity contribution in [3.8, 4) is 22.1 Å². The molecule has 4 aliphatic rings. The van der Waals surface area contributed by atoms with Crippen molar-refractivity contribution in [2.75, 3.05) is 16.9 Å². The number of hydrogen-bond acceptors (Lipinski definition) is 10. The second kappa shape index (κ2) is 13.3. The molecule has 4 heterocycles. The lowest BCUT2D eigenvalue weighted by Gasteiger charge is -2.49. The number of carbonyl (C=O) groups excluding carboxylic acids is 4. The second-order valence-corrected chi connectivity index (χ2v) is 17.3. The normalized spacial score (nSPS) is 25.5. The highest BCUT2D eigenvalue weighted by Gasteiger charge is 2.68. The Kier molecular flexibility index (Phi) is 8.76. The molecule has 4 amide bonds. The summed E-state index contributed by atoms with van der Waals surface area (Å²) in [4.78, 5) is 61.9. The van der Waals surface area contributed by atoms with Crippen LogP contribution in [-0.4, -0.2) is 62.8 Å². The quantitative estimate of drug-likeness (QED) is 0.110. The van der Waals surface area contributed by atoms with E-state index in [1.807, 2.05) is 31.2 Å². The van der Waals surface area contributed by atoms with E-state index in [1.165, 1.54) is 40.2 Å². The number of allylic oxidation sites excluding steroid dienone is 2. The molecule has 3 N–H and O–H groups in total. The molecule has 2 aliphatic heterocycles. The van der Waals surface area contributed by atoms with Crippen molar-refractivity contribution in [1.82, 2.24) is 9.78 Å². The Morgan fingerprint density at radius 2 is 1.74 bits per heavy atom. The van der Waals surface area contributed by atoms with Crippen molar-refractivity contribution >= 4 is 92.3 Å². The second-order valence-electron chi connectivity index (χ2n) is 15.4. The molecule has 5 aromatic rings. The zero-order chi connectivity index (χ0) is 40.4. The third-order valence-electron chi connectivity index (χ3n) is 12.5. The molecule has 0 unspecified atom stereocenters. The summed E-state index contributed by atoms with van der Waals surface area (Å²) in [6, 6.07) is 16.5. The van der Waals surface area contributed by atoms with E-state index in [4.69, 9.17) is 33.0 Å². The minimum absolute atomic E-state index is 0.0185. The van der Waals surface area contributed by atoms with Gasteiger partial charge in [-0.15, -0.1) is 11.3 Å². The van der Waals surface area contributed by atoms with E-state index in [0.717, 1.165) is 31.0 Å². The number of methoxy groups -OCH3 is 1. The molecule has 12 nitrogen and oxygen atoms in total. The molecule has 9 rings (SSSR count). The molecular formula is C41H35BCl2N4O8S. The van der Waals surface area contributed by atoms with Crippen LogP contribution in [0.4, 0.5) is 11.5 Å². The number of amides is 4. The highest BCUT2D eigenvalue weighted by Crippen LogP contribution is 2.64. The monoisotopic (exact) mass is 824 g/mol. The van der Waals surface area contributed by atoms with Gasteiger partial charge in [-0.25, -0.2) is 4.90 Å². The number of anilines is 2. The van der Waals surface area contributed by atoms with Gasteiger partial charge in [0.1, 0.15) is 11.5 Å². The number of thiophene rings is 1. The van der Waals surface area contributed by atoms with Gasteiger partial charge in [0.15, 0.2) is 11.5 Å². The molecule has 0 spiro atoms. The lowest BCUT2D eigenvalue weighted by molar-refractivity contribution is -0.131. The van der Waals surface area contributed by atoms with Crippen molar-refractivity contribution < 1.29 is 39.1 Å². The van der Waals surface area contributed by atoms with Crippen molar-refractivity contribution in [2.45, 2.75) is 32.6 Å². The van der Waals surface area contributed by atoms with Gasteiger partial charge in [-0.1, -0.05) is 47.0 Å². The van der Waals surface area contributed by atoms with Gasteiger partial charge in [-0.2, -0.15) is 5.10 Å². The standard InChI is InChI=1S/C41H35BCl2N4O8S/c1-18-25-15-21(43)8-11-31(25)57-36(18)29-17-32(46(3)45-29)48-38(51)27-16-26-23(34(41(27,2)40(48)53)19-12-28(44)35(49)30(13-19)56-4)9-10-24-33(26)39(52)47(37(24)50)22-7-5-6-20(14-22)42(54)55/h5-9,11-15,17,24,26-27,33-34,49,54-55H,10,16H2,1-4H3/t24-,26+,27-,33-,34-,41+/m0/s1. The number of phenolic OH excluding ortho intramolecular Hbond substituents is 1. The lowest BCUT2D eigenvalue weighted by Crippen LogP contribution is -2.49.